The standard InChI is InChI=1S/C14H11F4N3O2S/c15-8-4-3-7(11(17)12(8)18)10-5-9(16)13-19-14(20-21(10)13)24(22,23)6-1-2-6/h3-4,6,9-10H,1-2,5H2/t9-,10-/m0/s1. The molecule has 1 fully saturated rings. The predicted octanol–water partition coefficient (Wildman–Crippen LogP) is 2.64. The maximum absolute atomic E-state index is 14.2. The molecule has 10 heteroatoms. The molecule has 0 bridgehead atoms. The second-order valence-corrected chi connectivity index (χ2v) is 8.05. The highest BCUT2D eigenvalue weighted by molar-refractivity contribution is 7.92. The molecule has 24 heavy (non-hydrogen) atoms. The molecular formula is C14H11F4N3O2S. The number of halogens is 4. The van der Waals surface area contributed by atoms with E-state index >= 15 is 0 Å². The van der Waals surface area contributed by atoms with E-state index in [9.17, 15) is 26.0 Å². The van der Waals surface area contributed by atoms with Gasteiger partial charge in [-0.2, -0.15) is 4.98 Å². The molecule has 5 nitrogen and oxygen atoms in total. The molecule has 1 aromatic heterocycles. The van der Waals surface area contributed by atoms with Crippen LogP contribution in [-0.2, 0) is 9.84 Å². The Hall–Kier alpha value is -1.97. The summed E-state index contributed by atoms with van der Waals surface area (Å²) in [6.07, 6.45) is -0.960. The Balaban J connectivity index is 1.80. The topological polar surface area (TPSA) is 64.8 Å². The van der Waals surface area contributed by atoms with E-state index in [1.807, 2.05) is 0 Å². The van der Waals surface area contributed by atoms with Crippen LogP contribution in [0.25, 0.3) is 0 Å². The highest BCUT2D eigenvalue weighted by Crippen LogP contribution is 2.42. The van der Waals surface area contributed by atoms with Crippen molar-refractivity contribution in [1.82, 2.24) is 14.8 Å². The summed E-state index contributed by atoms with van der Waals surface area (Å²) in [5.74, 6) is -4.71. The third-order valence-electron chi connectivity index (χ3n) is 4.29. The summed E-state index contributed by atoms with van der Waals surface area (Å²) >= 11 is 0. The number of benzene rings is 1. The molecule has 2 aliphatic rings. The maximum Gasteiger partial charge on any atom is 0.267 e. The Morgan fingerprint density at radius 2 is 1.83 bits per heavy atom. The molecule has 1 aliphatic carbocycles. The number of hydrogen-bond acceptors (Lipinski definition) is 4. The van der Waals surface area contributed by atoms with Crippen molar-refractivity contribution in [3.8, 4) is 0 Å². The molecule has 2 atom stereocenters. The molecule has 0 saturated heterocycles. The fourth-order valence-electron chi connectivity index (χ4n) is 2.86. The zero-order valence-electron chi connectivity index (χ0n) is 12.1. The van der Waals surface area contributed by atoms with Crippen molar-refractivity contribution in [2.45, 2.75) is 41.9 Å². The molecule has 1 aliphatic heterocycles. The Morgan fingerprint density at radius 1 is 1.12 bits per heavy atom. The molecule has 0 radical (unpaired) electrons. The van der Waals surface area contributed by atoms with E-state index < -0.39 is 49.9 Å². The van der Waals surface area contributed by atoms with Gasteiger partial charge in [0.1, 0.15) is 0 Å². The van der Waals surface area contributed by atoms with Crippen LogP contribution in [0.4, 0.5) is 17.6 Å². The van der Waals surface area contributed by atoms with Gasteiger partial charge in [0.15, 0.2) is 29.4 Å². The Kier molecular flexibility index (Phi) is 3.25. The largest absolute Gasteiger partial charge is 0.267 e. The van der Waals surface area contributed by atoms with Crippen LogP contribution in [-0.4, -0.2) is 28.4 Å². The molecule has 0 amide bonds. The van der Waals surface area contributed by atoms with Crippen molar-refractivity contribution in [2.75, 3.05) is 0 Å². The van der Waals surface area contributed by atoms with Crippen molar-refractivity contribution in [3.05, 3.63) is 41.0 Å². The van der Waals surface area contributed by atoms with Gasteiger partial charge >= 0.3 is 0 Å². The molecule has 1 aromatic carbocycles. The van der Waals surface area contributed by atoms with Gasteiger partial charge in [0.2, 0.25) is 9.84 Å². The molecule has 1 saturated carbocycles. The first-order valence-corrected chi connectivity index (χ1v) is 8.83. The summed E-state index contributed by atoms with van der Waals surface area (Å²) in [6, 6.07) is 0.648. The summed E-state index contributed by atoms with van der Waals surface area (Å²) in [5.41, 5.74) is -0.296. The Morgan fingerprint density at radius 3 is 2.50 bits per heavy atom. The number of fused-ring (bicyclic) bond motifs is 1. The Labute approximate surface area is 134 Å². The first-order valence-electron chi connectivity index (χ1n) is 7.28. The molecule has 128 valence electrons. The third-order valence-corrected chi connectivity index (χ3v) is 6.32. The minimum atomic E-state index is -3.74. The quantitative estimate of drug-likeness (QED) is 0.623. The van der Waals surface area contributed by atoms with E-state index in [2.05, 4.69) is 10.1 Å². The third kappa shape index (κ3) is 2.15. The van der Waals surface area contributed by atoms with Crippen LogP contribution in [0.1, 0.15) is 42.9 Å². The van der Waals surface area contributed by atoms with E-state index in [4.69, 9.17) is 0 Å². The van der Waals surface area contributed by atoms with Crippen molar-refractivity contribution in [3.63, 3.8) is 0 Å². The molecule has 0 unspecified atom stereocenters. The number of aromatic nitrogens is 3. The lowest BCUT2D eigenvalue weighted by atomic mass is 10.0. The summed E-state index contributed by atoms with van der Waals surface area (Å²) in [7, 11) is -3.74. The smallest absolute Gasteiger partial charge is 0.239 e. The average molecular weight is 361 g/mol. The van der Waals surface area contributed by atoms with Crippen LogP contribution in [0.15, 0.2) is 17.3 Å². The fraction of sp³-hybridized carbons (Fsp3) is 0.429. The molecule has 4 rings (SSSR count). The van der Waals surface area contributed by atoms with Gasteiger partial charge in [-0.3, -0.25) is 0 Å². The van der Waals surface area contributed by atoms with E-state index in [1.54, 1.807) is 0 Å². The highest BCUT2D eigenvalue weighted by Gasteiger charge is 2.43. The lowest BCUT2D eigenvalue weighted by Crippen LogP contribution is -2.14. The second-order valence-electron chi connectivity index (χ2n) is 5.93. The first kappa shape index (κ1) is 15.6. The van der Waals surface area contributed by atoms with Gasteiger partial charge in [0.25, 0.3) is 5.16 Å². The van der Waals surface area contributed by atoms with E-state index in [0.29, 0.717) is 12.8 Å². The van der Waals surface area contributed by atoms with Crippen molar-refractivity contribution < 1.29 is 26.0 Å². The minimum Gasteiger partial charge on any atom is -0.239 e. The van der Waals surface area contributed by atoms with Crippen LogP contribution in [0.3, 0.4) is 0 Å². The van der Waals surface area contributed by atoms with Crippen LogP contribution < -0.4 is 0 Å². The molecule has 0 N–H and O–H groups in total. The lowest BCUT2D eigenvalue weighted by molar-refractivity contribution is 0.323. The number of hydrogen-bond donors (Lipinski definition) is 0. The first-order chi connectivity index (χ1) is 11.3. The number of alkyl halides is 1. The summed E-state index contributed by atoms with van der Waals surface area (Å²) in [6.45, 7) is 0. The van der Waals surface area contributed by atoms with Crippen molar-refractivity contribution in [2.24, 2.45) is 0 Å². The van der Waals surface area contributed by atoms with Gasteiger partial charge in [-0.05, 0) is 18.9 Å². The van der Waals surface area contributed by atoms with Crippen LogP contribution in [0.5, 0.6) is 0 Å². The number of sulfone groups is 1. The van der Waals surface area contributed by atoms with Gasteiger partial charge in [-0.15, -0.1) is 5.10 Å². The van der Waals surface area contributed by atoms with Gasteiger partial charge in [0.05, 0.1) is 11.3 Å². The van der Waals surface area contributed by atoms with E-state index in [1.165, 1.54) is 0 Å². The summed E-state index contributed by atoms with van der Waals surface area (Å²) < 4.78 is 80.0. The van der Waals surface area contributed by atoms with E-state index in [-0.39, 0.29) is 17.8 Å². The number of rotatable bonds is 3. The van der Waals surface area contributed by atoms with Gasteiger partial charge in [-0.1, -0.05) is 6.07 Å². The Bertz CT molecular complexity index is 940. The van der Waals surface area contributed by atoms with Crippen molar-refractivity contribution >= 4 is 9.84 Å². The molecule has 2 heterocycles. The zero-order valence-corrected chi connectivity index (χ0v) is 12.9. The zero-order chi connectivity index (χ0) is 17.2. The van der Waals surface area contributed by atoms with Gasteiger partial charge < -0.3 is 0 Å². The van der Waals surface area contributed by atoms with E-state index in [0.717, 1.165) is 16.8 Å². The van der Waals surface area contributed by atoms with Crippen LogP contribution in [0.2, 0.25) is 0 Å². The van der Waals surface area contributed by atoms with Crippen molar-refractivity contribution in [1.29, 1.82) is 0 Å². The minimum absolute atomic E-state index is 0.247. The molecule has 2 aromatic rings. The number of nitrogens with zero attached hydrogens (tertiary/aromatic N) is 3. The van der Waals surface area contributed by atoms with Crippen LogP contribution >= 0.6 is 0 Å². The second kappa shape index (κ2) is 5.01. The van der Waals surface area contributed by atoms with Gasteiger partial charge in [-0.25, -0.2) is 30.7 Å². The normalized spacial score (nSPS) is 23.5. The molecular weight excluding hydrogens is 350 g/mol. The lowest BCUT2D eigenvalue weighted by Gasteiger charge is -2.13. The summed E-state index contributed by atoms with van der Waals surface area (Å²) in [5, 5.41) is 2.74. The predicted molar refractivity (Wildman–Crippen MR) is 73.2 cm³/mol. The average Bonchev–Trinajstić information content (AvgIpc) is 3.23. The molecule has 0 spiro atoms. The summed E-state index contributed by atoms with van der Waals surface area (Å²) in [4.78, 5) is 3.75. The highest BCUT2D eigenvalue weighted by atomic mass is 32.2. The monoisotopic (exact) mass is 361 g/mol. The van der Waals surface area contributed by atoms with Crippen LogP contribution in [0, 0.1) is 17.5 Å². The maximum atomic E-state index is 14.2. The fourth-order valence-corrected chi connectivity index (χ4v) is 4.34. The van der Waals surface area contributed by atoms with Gasteiger partial charge in [0, 0.05) is 12.0 Å². The SMILES string of the molecule is O=S(=O)(c1nc2n(n1)[C@H](c1ccc(F)c(F)c1F)C[C@@H]2F)C1CC1.